The number of amides is 4. The van der Waals surface area contributed by atoms with E-state index in [1.54, 1.807) is 20.8 Å². The second-order valence-electron chi connectivity index (χ2n) is 18.6. The second kappa shape index (κ2) is 19.4. The van der Waals surface area contributed by atoms with E-state index in [1.165, 1.54) is 0 Å². The summed E-state index contributed by atoms with van der Waals surface area (Å²) in [5.74, 6) is -0.597. The van der Waals surface area contributed by atoms with Gasteiger partial charge in [-0.15, -0.1) is 0 Å². The molecule has 0 aromatic carbocycles. The molecule has 0 bridgehead atoms. The maximum absolute atomic E-state index is 13.3. The van der Waals surface area contributed by atoms with Gasteiger partial charge >= 0.3 is 6.03 Å². The zero-order valence-electron chi connectivity index (χ0n) is 34.0. The number of hydrogen-bond acceptors (Lipinski definition) is 8. The molecule has 0 aromatic heterocycles. The number of urea groups is 1. The minimum atomic E-state index is -3.49. The van der Waals surface area contributed by atoms with Crippen LogP contribution in [0.2, 0.25) is 0 Å². The van der Waals surface area contributed by atoms with Crippen LogP contribution in [0, 0.1) is 17.3 Å². The summed E-state index contributed by atoms with van der Waals surface area (Å²) in [6.45, 7) is 14.5. The molecular formula is C40H71N5O7S. The Hall–Kier alpha value is -2.54. The fourth-order valence-corrected chi connectivity index (χ4v) is 9.04. The first-order chi connectivity index (χ1) is 24.7. The van der Waals surface area contributed by atoms with Crippen LogP contribution in [-0.2, 0) is 29.0 Å². The molecule has 1 aliphatic heterocycles. The summed E-state index contributed by atoms with van der Waals surface area (Å²) < 4.78 is 25.5. The number of hydrogen-bond donors (Lipinski definition) is 4. The van der Waals surface area contributed by atoms with Crippen molar-refractivity contribution >= 4 is 39.8 Å². The Bertz CT molecular complexity index is 1360. The molecule has 2 aliphatic carbocycles. The molecule has 1 heterocycles. The SMILES string of the molecule is CC(C)[C@@H]1C[C@@H](C(=O)N[C@@H](CCCCCCCCC[C@@H](C=O)NC(=O)NC2(CS(=O)(=O)C(C)(C)C)CCC(C)(C)CC2)C(=O)C(=O)NC2CC2)N(C)C1. The lowest BCUT2D eigenvalue weighted by Gasteiger charge is -2.44. The van der Waals surface area contributed by atoms with Crippen LogP contribution in [0.15, 0.2) is 0 Å². The largest absolute Gasteiger partial charge is 0.347 e. The van der Waals surface area contributed by atoms with Crippen LogP contribution in [0.5, 0.6) is 0 Å². The number of nitrogens with one attached hydrogen (secondary N) is 4. The van der Waals surface area contributed by atoms with E-state index in [4.69, 9.17) is 0 Å². The average molecular weight is 766 g/mol. The van der Waals surface area contributed by atoms with Crippen LogP contribution >= 0.6 is 0 Å². The lowest BCUT2D eigenvalue weighted by molar-refractivity contribution is -0.140. The Morgan fingerprint density at radius 3 is 1.94 bits per heavy atom. The van der Waals surface area contributed by atoms with Gasteiger partial charge in [0.1, 0.15) is 6.29 Å². The van der Waals surface area contributed by atoms with Crippen LogP contribution in [0.1, 0.15) is 151 Å². The highest BCUT2D eigenvalue weighted by molar-refractivity contribution is 7.92. The van der Waals surface area contributed by atoms with Gasteiger partial charge in [0, 0.05) is 12.6 Å². The quantitative estimate of drug-likeness (QED) is 0.0700. The Morgan fingerprint density at radius 2 is 1.43 bits per heavy atom. The summed E-state index contributed by atoms with van der Waals surface area (Å²) in [5.41, 5.74) is -0.792. The number of likely N-dealkylation sites (N-methyl/N-ethyl adjacent to an activating group) is 1. The number of carbonyl (C=O) groups is 5. The third-order valence-electron chi connectivity index (χ3n) is 11.9. The van der Waals surface area contributed by atoms with E-state index in [-0.39, 0.29) is 29.2 Å². The van der Waals surface area contributed by atoms with Gasteiger partial charge in [0.2, 0.25) is 11.7 Å². The molecule has 13 heteroatoms. The molecule has 12 nitrogen and oxygen atoms in total. The van der Waals surface area contributed by atoms with Crippen LogP contribution in [0.4, 0.5) is 4.79 Å². The monoisotopic (exact) mass is 766 g/mol. The molecule has 0 unspecified atom stereocenters. The highest BCUT2D eigenvalue weighted by atomic mass is 32.2. The van der Waals surface area contributed by atoms with E-state index in [0.717, 1.165) is 83.5 Å². The molecular weight excluding hydrogens is 695 g/mol. The first-order valence-electron chi connectivity index (χ1n) is 20.3. The molecule has 0 radical (unpaired) electrons. The molecule has 1 saturated heterocycles. The van der Waals surface area contributed by atoms with Crippen LogP contribution in [0.25, 0.3) is 0 Å². The molecule has 53 heavy (non-hydrogen) atoms. The minimum Gasteiger partial charge on any atom is -0.347 e. The predicted molar refractivity (Wildman–Crippen MR) is 209 cm³/mol. The molecule has 304 valence electrons. The fourth-order valence-electron chi connectivity index (χ4n) is 7.51. The fraction of sp³-hybridized carbons (Fsp3) is 0.875. The average Bonchev–Trinajstić information content (AvgIpc) is 3.79. The maximum atomic E-state index is 13.3. The van der Waals surface area contributed by atoms with E-state index in [0.29, 0.717) is 43.9 Å². The Labute approximate surface area is 319 Å². The topological polar surface area (TPSA) is 171 Å². The summed E-state index contributed by atoms with van der Waals surface area (Å²) in [4.78, 5) is 66.0. The van der Waals surface area contributed by atoms with Crippen molar-refractivity contribution < 1.29 is 32.4 Å². The number of sulfone groups is 1. The Morgan fingerprint density at radius 1 is 0.868 bits per heavy atom. The molecule has 4 atom stereocenters. The number of Topliss-reactive ketones (excluding diaryl/α,β-unsaturated/α-hetero) is 1. The number of ketones is 1. The third-order valence-corrected chi connectivity index (χ3v) is 14.7. The molecule has 2 saturated carbocycles. The Balaban J connectivity index is 1.39. The van der Waals surface area contributed by atoms with Crippen LogP contribution < -0.4 is 21.3 Å². The van der Waals surface area contributed by atoms with Gasteiger partial charge in [0.25, 0.3) is 5.91 Å². The van der Waals surface area contributed by atoms with Crippen molar-refractivity contribution in [3.8, 4) is 0 Å². The number of unbranched alkanes of at least 4 members (excludes halogenated alkanes) is 6. The minimum absolute atomic E-state index is 0.0661. The van der Waals surface area contributed by atoms with Crippen molar-refractivity contribution in [3.63, 3.8) is 0 Å². The van der Waals surface area contributed by atoms with Gasteiger partial charge in [0.05, 0.1) is 34.2 Å². The molecule has 3 rings (SSSR count). The van der Waals surface area contributed by atoms with E-state index >= 15 is 0 Å². The summed E-state index contributed by atoms with van der Waals surface area (Å²) in [6, 6.07) is -2.23. The van der Waals surface area contributed by atoms with E-state index in [2.05, 4.69) is 49.0 Å². The Kier molecular flexibility index (Phi) is 16.4. The van der Waals surface area contributed by atoms with Crippen molar-refractivity contribution in [1.29, 1.82) is 0 Å². The highest BCUT2D eigenvalue weighted by Crippen LogP contribution is 2.42. The van der Waals surface area contributed by atoms with Crippen molar-refractivity contribution in [3.05, 3.63) is 0 Å². The lowest BCUT2D eigenvalue weighted by atomic mass is 9.70. The second-order valence-corrected chi connectivity index (χ2v) is 21.3. The van der Waals surface area contributed by atoms with Gasteiger partial charge in [-0.25, -0.2) is 13.2 Å². The van der Waals surface area contributed by atoms with Crippen LogP contribution in [0.3, 0.4) is 0 Å². The summed E-state index contributed by atoms with van der Waals surface area (Å²) in [6.07, 6.45) is 13.0. The molecule has 4 N–H and O–H groups in total. The van der Waals surface area contributed by atoms with E-state index < -0.39 is 49.9 Å². The van der Waals surface area contributed by atoms with Gasteiger partial charge in [-0.3, -0.25) is 19.3 Å². The van der Waals surface area contributed by atoms with Crippen molar-refractivity contribution in [2.24, 2.45) is 17.3 Å². The molecule has 3 fully saturated rings. The first-order valence-corrected chi connectivity index (χ1v) is 21.9. The number of aldehydes is 1. The molecule has 4 amide bonds. The van der Waals surface area contributed by atoms with Gasteiger partial charge in [-0.1, -0.05) is 72.6 Å². The third kappa shape index (κ3) is 14.2. The zero-order chi connectivity index (χ0) is 39.6. The standard InChI is InChI=1S/C40H71N5O7S/c1-28(2)29-24-33(45(8)25-29)35(48)43-32(34(47)36(49)41-30-18-19-30)17-15-13-11-9-10-12-14-16-31(26-46)42-37(50)44-40(22-20-39(6,7)21-23-40)27-53(51,52)38(3,4)5/h26,28-33H,9-25,27H2,1-8H3,(H,41,49)(H,43,48)(H2,42,44,50)/t29-,31+,32+,33+/m1/s1. The van der Waals surface area contributed by atoms with E-state index in [9.17, 15) is 32.4 Å². The van der Waals surface area contributed by atoms with Crippen LogP contribution in [-0.4, -0.2) is 97.0 Å². The summed E-state index contributed by atoms with van der Waals surface area (Å²) in [5, 5.41) is 11.5. The van der Waals surface area contributed by atoms with Crippen molar-refractivity contribution in [2.75, 3.05) is 19.3 Å². The molecule has 0 spiro atoms. The molecule has 3 aliphatic rings. The number of likely N-dealkylation sites (tertiary alicyclic amines) is 1. The van der Waals surface area contributed by atoms with Crippen molar-refractivity contribution in [1.82, 2.24) is 26.2 Å². The summed E-state index contributed by atoms with van der Waals surface area (Å²) >= 11 is 0. The summed E-state index contributed by atoms with van der Waals surface area (Å²) in [7, 11) is -1.55. The number of rotatable bonds is 21. The van der Waals surface area contributed by atoms with Gasteiger partial charge in [-0.2, -0.15) is 0 Å². The molecule has 0 aromatic rings. The van der Waals surface area contributed by atoms with Crippen molar-refractivity contribution in [2.45, 2.75) is 186 Å². The normalized spacial score (nSPS) is 22.8. The van der Waals surface area contributed by atoms with E-state index in [1.807, 2.05) is 11.9 Å². The first kappa shape index (κ1) is 44.9. The number of nitrogens with zero attached hydrogens (tertiary/aromatic N) is 1. The zero-order valence-corrected chi connectivity index (χ0v) is 34.8. The smallest absolute Gasteiger partial charge is 0.315 e. The number of carbonyl (C=O) groups excluding carboxylic acids is 5. The van der Waals surface area contributed by atoms with Gasteiger partial charge < -0.3 is 26.1 Å². The van der Waals surface area contributed by atoms with Gasteiger partial charge in [0.15, 0.2) is 9.84 Å². The highest BCUT2D eigenvalue weighted by Gasteiger charge is 2.45. The lowest BCUT2D eigenvalue weighted by Crippen LogP contribution is -2.60. The predicted octanol–water partition coefficient (Wildman–Crippen LogP) is 5.23. The van der Waals surface area contributed by atoms with Gasteiger partial charge in [-0.05, 0) is 103 Å². The maximum Gasteiger partial charge on any atom is 0.315 e.